The molecule has 0 fully saturated rings. The van der Waals surface area contributed by atoms with Crippen molar-refractivity contribution in [3.8, 4) is 5.75 Å². The van der Waals surface area contributed by atoms with Crippen LogP contribution in [0.5, 0.6) is 5.75 Å². The minimum Gasteiger partial charge on any atom is -0.497 e. The zero-order valence-corrected chi connectivity index (χ0v) is 20.8. The summed E-state index contributed by atoms with van der Waals surface area (Å²) in [5, 5.41) is 2.73. The summed E-state index contributed by atoms with van der Waals surface area (Å²) in [5.74, 6) is -0.337. The largest absolute Gasteiger partial charge is 0.497 e. The van der Waals surface area contributed by atoms with E-state index >= 15 is 0 Å². The summed E-state index contributed by atoms with van der Waals surface area (Å²) in [4.78, 5) is 27.1. The van der Waals surface area contributed by atoms with Crippen LogP contribution in [0, 0.1) is 5.82 Å². The maximum atomic E-state index is 13.3. The van der Waals surface area contributed by atoms with Gasteiger partial charge in [-0.05, 0) is 62.2 Å². The van der Waals surface area contributed by atoms with Crippen molar-refractivity contribution in [2.24, 2.45) is 0 Å². The highest BCUT2D eigenvalue weighted by molar-refractivity contribution is 7.92. The lowest BCUT2D eigenvalue weighted by atomic mass is 10.1. The van der Waals surface area contributed by atoms with Crippen molar-refractivity contribution in [1.82, 2.24) is 10.2 Å². The number of benzene rings is 2. The van der Waals surface area contributed by atoms with Gasteiger partial charge >= 0.3 is 0 Å². The van der Waals surface area contributed by atoms with Crippen molar-refractivity contribution in [1.29, 1.82) is 0 Å². The second-order valence-corrected chi connectivity index (χ2v) is 9.76. The lowest BCUT2D eigenvalue weighted by Gasteiger charge is -2.29. The second-order valence-electron chi connectivity index (χ2n) is 7.86. The van der Waals surface area contributed by atoms with Gasteiger partial charge in [0.1, 0.15) is 17.6 Å². The minimum absolute atomic E-state index is 0.0348. The predicted molar refractivity (Wildman–Crippen MR) is 130 cm³/mol. The van der Waals surface area contributed by atoms with Gasteiger partial charge in [0.2, 0.25) is 21.8 Å². The van der Waals surface area contributed by atoms with E-state index in [1.807, 2.05) is 12.1 Å². The van der Waals surface area contributed by atoms with E-state index in [1.165, 1.54) is 29.2 Å². The van der Waals surface area contributed by atoms with E-state index in [1.54, 1.807) is 33.1 Å². The molecule has 0 aliphatic heterocycles. The lowest BCUT2D eigenvalue weighted by molar-refractivity contribution is -0.140. The Morgan fingerprint density at radius 3 is 2.24 bits per heavy atom. The number of methoxy groups -OCH3 is 1. The number of hydrogen-bond donors (Lipinski definition) is 1. The van der Waals surface area contributed by atoms with E-state index in [0.29, 0.717) is 18.0 Å². The van der Waals surface area contributed by atoms with E-state index in [9.17, 15) is 22.4 Å². The van der Waals surface area contributed by atoms with Gasteiger partial charge in [-0.1, -0.05) is 12.1 Å². The smallest absolute Gasteiger partial charge is 0.242 e. The maximum Gasteiger partial charge on any atom is 0.242 e. The number of likely N-dealkylation sites (N-methyl/N-ethyl adjacent to an activating group) is 1. The van der Waals surface area contributed by atoms with E-state index in [-0.39, 0.29) is 37.7 Å². The first kappa shape index (κ1) is 27.1. The van der Waals surface area contributed by atoms with Gasteiger partial charge in [0.25, 0.3) is 0 Å². The summed E-state index contributed by atoms with van der Waals surface area (Å²) in [6, 6.07) is 11.6. The van der Waals surface area contributed by atoms with E-state index in [0.717, 1.165) is 16.1 Å². The molecule has 8 nitrogen and oxygen atoms in total. The Kier molecular flexibility index (Phi) is 9.85. The monoisotopic (exact) mass is 493 g/mol. The highest BCUT2D eigenvalue weighted by Crippen LogP contribution is 2.20. The van der Waals surface area contributed by atoms with Crippen LogP contribution in [0.25, 0.3) is 0 Å². The number of carbonyl (C=O) groups is 2. The summed E-state index contributed by atoms with van der Waals surface area (Å²) in [6.07, 6.45) is 1.32. The van der Waals surface area contributed by atoms with Crippen LogP contribution < -0.4 is 14.4 Å². The highest BCUT2D eigenvalue weighted by atomic mass is 32.2. The predicted octanol–water partition coefficient (Wildman–Crippen LogP) is 2.93. The van der Waals surface area contributed by atoms with Gasteiger partial charge in [0.05, 0.1) is 19.1 Å². The molecule has 34 heavy (non-hydrogen) atoms. The van der Waals surface area contributed by atoms with Crippen molar-refractivity contribution in [2.75, 3.05) is 30.8 Å². The first-order valence-corrected chi connectivity index (χ1v) is 12.8. The molecule has 186 valence electrons. The van der Waals surface area contributed by atoms with Gasteiger partial charge in [0, 0.05) is 26.1 Å². The van der Waals surface area contributed by atoms with Crippen LogP contribution in [0.15, 0.2) is 48.5 Å². The normalized spacial score (nSPS) is 12.0. The number of rotatable bonds is 12. The molecule has 0 aromatic heterocycles. The number of nitrogens with zero attached hydrogens (tertiary/aromatic N) is 2. The van der Waals surface area contributed by atoms with Crippen molar-refractivity contribution in [3.63, 3.8) is 0 Å². The molecule has 0 radical (unpaired) electrons. The number of sulfonamides is 1. The topological polar surface area (TPSA) is 96.0 Å². The zero-order chi connectivity index (χ0) is 25.3. The highest BCUT2D eigenvalue weighted by Gasteiger charge is 2.26. The van der Waals surface area contributed by atoms with Crippen LogP contribution in [0.4, 0.5) is 10.1 Å². The number of ether oxygens (including phenoxy) is 1. The van der Waals surface area contributed by atoms with Crippen LogP contribution in [-0.2, 0) is 26.2 Å². The summed E-state index contributed by atoms with van der Waals surface area (Å²) in [6.45, 7) is 4.16. The molecule has 2 rings (SSSR count). The first-order valence-electron chi connectivity index (χ1n) is 11.0. The van der Waals surface area contributed by atoms with Crippen molar-refractivity contribution < 1.29 is 27.1 Å². The number of halogens is 1. The van der Waals surface area contributed by atoms with Crippen LogP contribution in [0.2, 0.25) is 0 Å². The molecule has 10 heteroatoms. The first-order chi connectivity index (χ1) is 16.1. The molecule has 0 saturated carbocycles. The van der Waals surface area contributed by atoms with Gasteiger partial charge in [-0.15, -0.1) is 0 Å². The molecule has 0 spiro atoms. The molecule has 0 aliphatic carbocycles. The lowest BCUT2D eigenvalue weighted by Crippen LogP contribution is -2.47. The van der Waals surface area contributed by atoms with E-state index in [2.05, 4.69) is 5.32 Å². The molecule has 2 aromatic carbocycles. The Labute approximate surface area is 200 Å². The van der Waals surface area contributed by atoms with Crippen LogP contribution in [0.3, 0.4) is 0 Å². The Bertz CT molecular complexity index is 1060. The molecule has 2 aromatic rings. The van der Waals surface area contributed by atoms with Gasteiger partial charge in [0.15, 0.2) is 0 Å². The molecular weight excluding hydrogens is 461 g/mol. The fourth-order valence-electron chi connectivity index (χ4n) is 3.44. The number of carbonyl (C=O) groups excluding carboxylic acids is 2. The Hall–Kier alpha value is -3.14. The van der Waals surface area contributed by atoms with Gasteiger partial charge in [-0.25, -0.2) is 12.8 Å². The third-order valence-electron chi connectivity index (χ3n) is 5.30. The molecule has 2 amide bonds. The molecule has 0 bridgehead atoms. The van der Waals surface area contributed by atoms with Crippen LogP contribution in [0.1, 0.15) is 32.3 Å². The fourth-order valence-corrected chi connectivity index (χ4v) is 4.41. The fraction of sp³-hybridized carbons (Fsp3) is 0.417. The molecular formula is C24H32FN3O5S. The van der Waals surface area contributed by atoms with Gasteiger partial charge < -0.3 is 15.0 Å². The average Bonchev–Trinajstić information content (AvgIpc) is 2.80. The molecule has 0 aliphatic rings. The Balaban J connectivity index is 2.14. The maximum absolute atomic E-state index is 13.3. The van der Waals surface area contributed by atoms with Crippen molar-refractivity contribution in [3.05, 3.63) is 59.9 Å². The van der Waals surface area contributed by atoms with Crippen molar-refractivity contribution >= 4 is 27.5 Å². The number of anilines is 1. The zero-order valence-electron chi connectivity index (χ0n) is 20.0. The molecule has 0 saturated heterocycles. The Morgan fingerprint density at radius 2 is 1.71 bits per heavy atom. The van der Waals surface area contributed by atoms with Crippen LogP contribution >= 0.6 is 0 Å². The standard InChI is InChI=1S/C24H32FN3O5S/c1-5-26-24(30)18(2)27(17-19-8-14-22(33-3)15-9-19)23(29)7-6-16-28(34(4,31)32)21-12-10-20(25)11-13-21/h8-15,18H,5-7,16-17H2,1-4H3,(H,26,30)/t18-/m1/s1. The summed E-state index contributed by atoms with van der Waals surface area (Å²) < 4.78 is 44.1. The Morgan fingerprint density at radius 1 is 1.09 bits per heavy atom. The third kappa shape index (κ3) is 7.72. The molecule has 0 unspecified atom stereocenters. The van der Waals surface area contributed by atoms with E-state index < -0.39 is 21.9 Å². The summed E-state index contributed by atoms with van der Waals surface area (Å²) >= 11 is 0. The molecule has 0 heterocycles. The quantitative estimate of drug-likeness (QED) is 0.491. The summed E-state index contributed by atoms with van der Waals surface area (Å²) in [5.41, 5.74) is 1.15. The van der Waals surface area contributed by atoms with Gasteiger partial charge in [-0.2, -0.15) is 0 Å². The number of amides is 2. The minimum atomic E-state index is -3.63. The van der Waals surface area contributed by atoms with Gasteiger partial charge in [-0.3, -0.25) is 13.9 Å². The van der Waals surface area contributed by atoms with Crippen LogP contribution in [-0.4, -0.2) is 57.6 Å². The third-order valence-corrected chi connectivity index (χ3v) is 6.49. The number of nitrogens with one attached hydrogen (secondary N) is 1. The van der Waals surface area contributed by atoms with E-state index in [4.69, 9.17) is 4.74 Å². The summed E-state index contributed by atoms with van der Waals surface area (Å²) in [7, 11) is -2.07. The SMILES string of the molecule is CCNC(=O)[C@@H](C)N(Cc1ccc(OC)cc1)C(=O)CCCN(c1ccc(F)cc1)S(C)(=O)=O. The van der Waals surface area contributed by atoms with Crippen molar-refractivity contribution in [2.45, 2.75) is 39.3 Å². The molecule has 1 atom stereocenters. The second kappa shape index (κ2) is 12.4. The average molecular weight is 494 g/mol. The number of hydrogen-bond acceptors (Lipinski definition) is 5. The molecule has 1 N–H and O–H groups in total.